The van der Waals surface area contributed by atoms with Crippen LogP contribution in [0.2, 0.25) is 0 Å². The normalized spacial score (nSPS) is 21.9. The number of amides is 1. The van der Waals surface area contributed by atoms with Gasteiger partial charge in [-0.15, -0.1) is 5.06 Å². The Kier molecular flexibility index (Phi) is 5.95. The van der Waals surface area contributed by atoms with Gasteiger partial charge in [0.2, 0.25) is 5.91 Å². The molecule has 0 radical (unpaired) electrons. The second kappa shape index (κ2) is 9.38. The van der Waals surface area contributed by atoms with Crippen molar-refractivity contribution in [2.45, 2.75) is 37.3 Å². The van der Waals surface area contributed by atoms with Crippen LogP contribution in [-0.4, -0.2) is 57.5 Å². The maximum Gasteiger partial charge on any atom is 0.399 e. The van der Waals surface area contributed by atoms with Crippen molar-refractivity contribution in [3.63, 3.8) is 0 Å². The van der Waals surface area contributed by atoms with Crippen molar-refractivity contribution in [1.82, 2.24) is 19.8 Å². The van der Waals surface area contributed by atoms with Gasteiger partial charge in [0.15, 0.2) is 0 Å². The number of hydroxylamine groups is 2. The molecule has 3 aliphatic rings. The monoisotopic (exact) mass is 575 g/mol. The third kappa shape index (κ3) is 4.17. The van der Waals surface area contributed by atoms with Crippen molar-refractivity contribution in [3.8, 4) is 11.3 Å². The fourth-order valence-electron chi connectivity index (χ4n) is 6.39. The Labute approximate surface area is 239 Å². The number of anilines is 1. The second-order valence-electron chi connectivity index (χ2n) is 11.5. The SMILES string of the molecule is Cn1nc(-c2ccnc(C3(C(F)(F)F)CC3)c2)c2cc(N3CC[C@]4(CCN(OC(=O)c5ccccc5)C4)C3=O)ccc21. The van der Waals surface area contributed by atoms with Gasteiger partial charge in [-0.3, -0.25) is 14.5 Å². The van der Waals surface area contributed by atoms with E-state index in [0.717, 1.165) is 10.9 Å². The molecule has 3 fully saturated rings. The van der Waals surface area contributed by atoms with Crippen LogP contribution in [0.4, 0.5) is 18.9 Å². The molecule has 4 heterocycles. The number of hydrogen-bond donors (Lipinski definition) is 0. The molecular weight excluding hydrogens is 547 g/mol. The van der Waals surface area contributed by atoms with Gasteiger partial charge in [0, 0.05) is 49.5 Å². The van der Waals surface area contributed by atoms with Crippen LogP contribution in [-0.2, 0) is 22.1 Å². The Balaban J connectivity index is 1.15. The molecule has 11 heteroatoms. The first-order chi connectivity index (χ1) is 20.1. The van der Waals surface area contributed by atoms with E-state index in [2.05, 4.69) is 10.1 Å². The van der Waals surface area contributed by atoms with Crippen LogP contribution >= 0.6 is 0 Å². The molecule has 1 saturated carbocycles. The Morgan fingerprint density at radius 2 is 1.74 bits per heavy atom. The summed E-state index contributed by atoms with van der Waals surface area (Å²) in [6.07, 6.45) is -1.70. The highest BCUT2D eigenvalue weighted by atomic mass is 19.4. The summed E-state index contributed by atoms with van der Waals surface area (Å²) in [7, 11) is 1.78. The molecule has 0 unspecified atom stereocenters. The summed E-state index contributed by atoms with van der Waals surface area (Å²) in [5.74, 6) is -0.482. The van der Waals surface area contributed by atoms with E-state index >= 15 is 0 Å². The van der Waals surface area contributed by atoms with E-state index in [1.165, 1.54) is 12.3 Å². The summed E-state index contributed by atoms with van der Waals surface area (Å²) in [5.41, 5.74) is 0.501. The largest absolute Gasteiger partial charge is 0.399 e. The van der Waals surface area contributed by atoms with Crippen LogP contribution in [0.3, 0.4) is 0 Å². The Morgan fingerprint density at radius 1 is 0.976 bits per heavy atom. The van der Waals surface area contributed by atoms with Crippen LogP contribution in [0.1, 0.15) is 41.7 Å². The molecule has 7 rings (SSSR count). The smallest absolute Gasteiger partial charge is 0.364 e. The van der Waals surface area contributed by atoms with E-state index in [1.807, 2.05) is 24.3 Å². The van der Waals surface area contributed by atoms with Gasteiger partial charge in [-0.2, -0.15) is 18.3 Å². The van der Waals surface area contributed by atoms with E-state index in [0.29, 0.717) is 55.0 Å². The second-order valence-corrected chi connectivity index (χ2v) is 11.5. The number of halogens is 3. The van der Waals surface area contributed by atoms with Crippen molar-refractivity contribution < 1.29 is 27.6 Å². The molecule has 1 spiro atoms. The van der Waals surface area contributed by atoms with Crippen molar-refractivity contribution in [3.05, 3.63) is 78.1 Å². The van der Waals surface area contributed by atoms with E-state index in [1.54, 1.807) is 52.0 Å². The van der Waals surface area contributed by atoms with E-state index in [-0.39, 0.29) is 24.4 Å². The molecule has 2 aliphatic heterocycles. The summed E-state index contributed by atoms with van der Waals surface area (Å²) in [6.45, 7) is 1.30. The highest BCUT2D eigenvalue weighted by Gasteiger charge is 2.65. The molecule has 4 aromatic rings. The average molecular weight is 576 g/mol. The number of benzene rings is 2. The number of aryl methyl sites for hydroxylation is 1. The average Bonchev–Trinajstić information content (AvgIpc) is 3.51. The maximum atomic E-state index is 13.8. The lowest BCUT2D eigenvalue weighted by Crippen LogP contribution is -2.37. The highest BCUT2D eigenvalue weighted by Crippen LogP contribution is 2.58. The fourth-order valence-corrected chi connectivity index (χ4v) is 6.39. The van der Waals surface area contributed by atoms with Gasteiger partial charge in [0.25, 0.3) is 0 Å². The lowest BCUT2D eigenvalue weighted by Gasteiger charge is -2.23. The minimum atomic E-state index is -4.36. The Bertz CT molecular complexity index is 1720. The first kappa shape index (κ1) is 26.6. The van der Waals surface area contributed by atoms with Crippen molar-refractivity contribution in [2.75, 3.05) is 24.5 Å². The number of fused-ring (bicyclic) bond motifs is 1. The van der Waals surface area contributed by atoms with Gasteiger partial charge >= 0.3 is 12.1 Å². The maximum absolute atomic E-state index is 13.8. The van der Waals surface area contributed by atoms with E-state index < -0.39 is 23.0 Å². The quantitative estimate of drug-likeness (QED) is 0.316. The molecule has 42 heavy (non-hydrogen) atoms. The van der Waals surface area contributed by atoms with Gasteiger partial charge in [-0.1, -0.05) is 18.2 Å². The molecule has 1 aliphatic carbocycles. The minimum absolute atomic E-state index is 0.0119. The van der Waals surface area contributed by atoms with E-state index in [9.17, 15) is 22.8 Å². The van der Waals surface area contributed by atoms with Crippen molar-refractivity contribution in [2.24, 2.45) is 12.5 Å². The predicted molar refractivity (Wildman–Crippen MR) is 148 cm³/mol. The molecule has 1 amide bonds. The number of carbonyl (C=O) groups is 2. The topological polar surface area (TPSA) is 80.6 Å². The Hall–Kier alpha value is -4.25. The van der Waals surface area contributed by atoms with Crippen LogP contribution in [0.5, 0.6) is 0 Å². The van der Waals surface area contributed by atoms with Crippen LogP contribution in [0.25, 0.3) is 22.2 Å². The summed E-state index contributed by atoms with van der Waals surface area (Å²) in [5, 5.41) is 6.95. The number of alkyl halides is 3. The molecule has 2 aromatic carbocycles. The molecule has 8 nitrogen and oxygen atoms in total. The third-order valence-corrected chi connectivity index (χ3v) is 9.01. The number of rotatable bonds is 5. The van der Waals surface area contributed by atoms with Crippen molar-refractivity contribution in [1.29, 1.82) is 0 Å². The molecule has 0 bridgehead atoms. The van der Waals surface area contributed by atoms with E-state index in [4.69, 9.17) is 4.84 Å². The first-order valence-electron chi connectivity index (χ1n) is 13.9. The lowest BCUT2D eigenvalue weighted by atomic mass is 9.86. The van der Waals surface area contributed by atoms with Crippen LogP contribution in [0.15, 0.2) is 66.9 Å². The number of carbonyl (C=O) groups excluding carboxylic acids is 2. The molecular formula is C31H28F3N5O3. The van der Waals surface area contributed by atoms with Gasteiger partial charge in [-0.25, -0.2) is 4.79 Å². The fraction of sp³-hybridized carbons (Fsp3) is 0.355. The van der Waals surface area contributed by atoms with Crippen molar-refractivity contribution >= 4 is 28.5 Å². The lowest BCUT2D eigenvalue weighted by molar-refractivity contribution is -0.161. The first-order valence-corrected chi connectivity index (χ1v) is 13.9. The molecule has 1 atom stereocenters. The predicted octanol–water partition coefficient (Wildman–Crippen LogP) is 5.43. The van der Waals surface area contributed by atoms with Gasteiger partial charge < -0.3 is 9.74 Å². The zero-order valence-electron chi connectivity index (χ0n) is 22.9. The molecule has 2 aromatic heterocycles. The van der Waals surface area contributed by atoms with Gasteiger partial charge in [0.05, 0.1) is 22.2 Å². The summed E-state index contributed by atoms with van der Waals surface area (Å²) < 4.78 is 43.1. The van der Waals surface area contributed by atoms with Crippen LogP contribution in [0, 0.1) is 5.41 Å². The molecule has 216 valence electrons. The summed E-state index contributed by atoms with van der Waals surface area (Å²) >= 11 is 0. The zero-order chi connectivity index (χ0) is 29.3. The molecule has 2 saturated heterocycles. The number of aromatic nitrogens is 3. The standard InChI is InChI=1S/C31H28F3N5O3/c1-37-24-8-7-22(18-23(24)26(36-37)21-9-14-35-25(17-21)30(10-11-30)31(32,33)34)39-16-13-29(28(39)41)12-15-38(19-29)42-27(40)20-5-3-2-4-6-20/h2-9,14,17-18H,10-13,15-16,19H2,1H3/t29-/m0/s1. The molecule has 0 N–H and O–H groups in total. The summed E-state index contributed by atoms with van der Waals surface area (Å²) in [6, 6.07) is 17.5. The number of nitrogens with zero attached hydrogens (tertiary/aromatic N) is 5. The van der Waals surface area contributed by atoms with Crippen LogP contribution < -0.4 is 4.90 Å². The Morgan fingerprint density at radius 3 is 2.48 bits per heavy atom. The van der Waals surface area contributed by atoms with Gasteiger partial charge in [-0.05, 0) is 68.1 Å². The number of pyridine rings is 1. The highest BCUT2D eigenvalue weighted by molar-refractivity contribution is 6.03. The van der Waals surface area contributed by atoms with Gasteiger partial charge in [0.1, 0.15) is 11.1 Å². The summed E-state index contributed by atoms with van der Waals surface area (Å²) in [4.78, 5) is 37.8. The zero-order valence-corrected chi connectivity index (χ0v) is 22.9. The number of hydrogen-bond acceptors (Lipinski definition) is 6. The minimum Gasteiger partial charge on any atom is -0.364 e. The third-order valence-electron chi connectivity index (χ3n) is 9.01.